The van der Waals surface area contributed by atoms with Crippen molar-refractivity contribution in [1.29, 1.82) is 0 Å². The van der Waals surface area contributed by atoms with Crippen molar-refractivity contribution >= 4 is 5.91 Å². The second kappa shape index (κ2) is 6.65. The molecular weight excluding hydrogens is 280 g/mol. The van der Waals surface area contributed by atoms with E-state index >= 15 is 0 Å². The lowest BCUT2D eigenvalue weighted by Gasteiger charge is -2.30. The van der Waals surface area contributed by atoms with Gasteiger partial charge in [-0.2, -0.15) is 10.2 Å². The third-order valence-electron chi connectivity index (χ3n) is 3.68. The fourth-order valence-electron chi connectivity index (χ4n) is 2.40. The molecule has 22 heavy (non-hydrogen) atoms. The zero-order valence-electron chi connectivity index (χ0n) is 13.4. The van der Waals surface area contributed by atoms with Crippen LogP contribution in [0.4, 0.5) is 0 Å². The molecule has 7 nitrogen and oxygen atoms in total. The first kappa shape index (κ1) is 16.1. The van der Waals surface area contributed by atoms with Gasteiger partial charge in [-0.15, -0.1) is 4.80 Å². The molecule has 0 aromatic carbocycles. The van der Waals surface area contributed by atoms with E-state index in [1.807, 2.05) is 26.8 Å². The number of carbonyl (C=O) groups is 1. The van der Waals surface area contributed by atoms with Gasteiger partial charge < -0.3 is 10.6 Å². The molecule has 0 aliphatic heterocycles. The van der Waals surface area contributed by atoms with Crippen LogP contribution in [0.25, 0.3) is 5.69 Å². The number of nitrogens with zero attached hydrogens (tertiary/aromatic N) is 5. The molecule has 0 radical (unpaired) electrons. The molecule has 7 heteroatoms. The third kappa shape index (κ3) is 3.14. The standard InChI is InChI=1S/C15H22N6O/c1-10(2)13(9-16)20(4)15(22)14-12(6-5-11(3)19-14)21-17-7-8-18-21/h5-8,10,13H,9,16H2,1-4H3. The molecule has 1 atom stereocenters. The Morgan fingerprint density at radius 3 is 2.50 bits per heavy atom. The Hall–Kier alpha value is -2.28. The number of hydrogen-bond donors (Lipinski definition) is 1. The maximum atomic E-state index is 12.9. The Morgan fingerprint density at radius 2 is 1.95 bits per heavy atom. The number of rotatable bonds is 5. The normalized spacial score (nSPS) is 12.5. The van der Waals surface area contributed by atoms with Crippen LogP contribution in [-0.2, 0) is 0 Å². The highest BCUT2D eigenvalue weighted by Crippen LogP contribution is 2.17. The van der Waals surface area contributed by atoms with Crippen molar-refractivity contribution in [1.82, 2.24) is 24.9 Å². The number of nitrogens with two attached hydrogens (primary N) is 1. The van der Waals surface area contributed by atoms with E-state index in [0.29, 0.717) is 17.9 Å². The Labute approximate surface area is 130 Å². The van der Waals surface area contributed by atoms with Gasteiger partial charge in [0, 0.05) is 25.3 Å². The maximum Gasteiger partial charge on any atom is 0.274 e. The van der Waals surface area contributed by atoms with Crippen molar-refractivity contribution in [2.75, 3.05) is 13.6 Å². The van der Waals surface area contributed by atoms with Gasteiger partial charge in [-0.25, -0.2) is 4.98 Å². The van der Waals surface area contributed by atoms with Crippen molar-refractivity contribution in [3.05, 3.63) is 35.9 Å². The number of likely N-dealkylation sites (N-methyl/N-ethyl adjacent to an activating group) is 1. The molecule has 0 spiro atoms. The molecule has 2 rings (SSSR count). The van der Waals surface area contributed by atoms with E-state index in [1.54, 1.807) is 30.4 Å². The first-order valence-corrected chi connectivity index (χ1v) is 7.27. The fourth-order valence-corrected chi connectivity index (χ4v) is 2.40. The molecule has 2 heterocycles. The zero-order valence-corrected chi connectivity index (χ0v) is 13.4. The van der Waals surface area contributed by atoms with Gasteiger partial charge in [0.05, 0.1) is 12.4 Å². The average molecular weight is 302 g/mol. The van der Waals surface area contributed by atoms with Gasteiger partial charge in [-0.1, -0.05) is 13.8 Å². The third-order valence-corrected chi connectivity index (χ3v) is 3.68. The van der Waals surface area contributed by atoms with Crippen LogP contribution in [0, 0.1) is 12.8 Å². The summed E-state index contributed by atoms with van der Waals surface area (Å²) >= 11 is 0. The SMILES string of the molecule is Cc1ccc(-n2nccn2)c(C(=O)N(C)C(CN)C(C)C)n1. The highest BCUT2D eigenvalue weighted by molar-refractivity contribution is 5.95. The molecule has 1 amide bonds. The minimum atomic E-state index is -0.180. The Bertz CT molecular complexity index is 637. The van der Waals surface area contributed by atoms with Crippen molar-refractivity contribution in [3.8, 4) is 5.69 Å². The summed E-state index contributed by atoms with van der Waals surface area (Å²) in [7, 11) is 1.75. The second-order valence-electron chi connectivity index (χ2n) is 5.60. The van der Waals surface area contributed by atoms with E-state index in [0.717, 1.165) is 5.69 Å². The quantitative estimate of drug-likeness (QED) is 0.890. The fraction of sp³-hybridized carbons (Fsp3) is 0.467. The lowest BCUT2D eigenvalue weighted by molar-refractivity contribution is 0.0690. The molecule has 0 aliphatic rings. The summed E-state index contributed by atoms with van der Waals surface area (Å²) in [4.78, 5) is 20.3. The minimum Gasteiger partial charge on any atom is -0.336 e. The molecule has 2 N–H and O–H groups in total. The van der Waals surface area contributed by atoms with E-state index in [-0.39, 0.29) is 17.9 Å². The predicted octanol–water partition coefficient (Wildman–Crippen LogP) is 1.03. The average Bonchev–Trinajstić information content (AvgIpc) is 3.00. The van der Waals surface area contributed by atoms with Crippen LogP contribution < -0.4 is 5.73 Å². The molecule has 0 aliphatic carbocycles. The molecule has 0 bridgehead atoms. The van der Waals surface area contributed by atoms with Gasteiger partial charge in [0.25, 0.3) is 5.91 Å². The monoisotopic (exact) mass is 302 g/mol. The summed E-state index contributed by atoms with van der Waals surface area (Å²) in [6, 6.07) is 3.59. The first-order chi connectivity index (χ1) is 10.5. The number of amides is 1. The topological polar surface area (TPSA) is 89.9 Å². The van der Waals surface area contributed by atoms with Crippen LogP contribution in [0.2, 0.25) is 0 Å². The molecule has 0 saturated carbocycles. The van der Waals surface area contributed by atoms with Crippen molar-refractivity contribution in [2.24, 2.45) is 11.7 Å². The van der Waals surface area contributed by atoms with E-state index < -0.39 is 0 Å². The van der Waals surface area contributed by atoms with Gasteiger partial charge in [-0.3, -0.25) is 4.79 Å². The van der Waals surface area contributed by atoms with Gasteiger partial charge in [0.2, 0.25) is 0 Å². The van der Waals surface area contributed by atoms with E-state index in [2.05, 4.69) is 15.2 Å². The largest absolute Gasteiger partial charge is 0.336 e. The van der Waals surface area contributed by atoms with Gasteiger partial charge in [0.15, 0.2) is 5.69 Å². The number of pyridine rings is 1. The van der Waals surface area contributed by atoms with Crippen LogP contribution in [0.5, 0.6) is 0 Å². The minimum absolute atomic E-state index is 0.0479. The molecular formula is C15H22N6O. The first-order valence-electron chi connectivity index (χ1n) is 7.27. The molecule has 0 fully saturated rings. The summed E-state index contributed by atoms with van der Waals surface area (Å²) in [6.45, 7) is 6.34. The van der Waals surface area contributed by atoms with E-state index in [4.69, 9.17) is 5.73 Å². The van der Waals surface area contributed by atoms with E-state index in [9.17, 15) is 4.79 Å². The zero-order chi connectivity index (χ0) is 16.3. The number of aromatic nitrogens is 4. The highest BCUT2D eigenvalue weighted by Gasteiger charge is 2.26. The molecule has 2 aromatic heterocycles. The summed E-state index contributed by atoms with van der Waals surface area (Å²) in [5.41, 5.74) is 7.47. The number of aryl methyl sites for hydroxylation is 1. The van der Waals surface area contributed by atoms with Crippen molar-refractivity contribution < 1.29 is 4.79 Å². The summed E-state index contributed by atoms with van der Waals surface area (Å²) in [6.07, 6.45) is 3.13. The van der Waals surface area contributed by atoms with Gasteiger partial charge in [0.1, 0.15) is 5.69 Å². The van der Waals surface area contributed by atoms with Crippen molar-refractivity contribution in [2.45, 2.75) is 26.8 Å². The van der Waals surface area contributed by atoms with Crippen LogP contribution in [0.15, 0.2) is 24.5 Å². The summed E-state index contributed by atoms with van der Waals surface area (Å²) in [5, 5.41) is 8.18. The van der Waals surface area contributed by atoms with Crippen molar-refractivity contribution in [3.63, 3.8) is 0 Å². The molecule has 1 unspecified atom stereocenters. The van der Waals surface area contributed by atoms with Gasteiger partial charge in [-0.05, 0) is 25.0 Å². The lowest BCUT2D eigenvalue weighted by atomic mass is 10.0. The second-order valence-corrected chi connectivity index (χ2v) is 5.60. The number of hydrogen-bond acceptors (Lipinski definition) is 5. The Morgan fingerprint density at radius 1 is 1.32 bits per heavy atom. The van der Waals surface area contributed by atoms with Gasteiger partial charge >= 0.3 is 0 Å². The van der Waals surface area contributed by atoms with Crippen LogP contribution in [0.3, 0.4) is 0 Å². The van der Waals surface area contributed by atoms with Crippen LogP contribution >= 0.6 is 0 Å². The molecule has 118 valence electrons. The highest BCUT2D eigenvalue weighted by atomic mass is 16.2. The number of carbonyl (C=O) groups excluding carboxylic acids is 1. The summed E-state index contributed by atoms with van der Waals surface area (Å²) < 4.78 is 0. The molecule has 2 aromatic rings. The van der Waals surface area contributed by atoms with E-state index in [1.165, 1.54) is 4.80 Å². The van der Waals surface area contributed by atoms with Crippen LogP contribution in [-0.4, -0.2) is 50.4 Å². The van der Waals surface area contributed by atoms with Crippen LogP contribution in [0.1, 0.15) is 30.0 Å². The lowest BCUT2D eigenvalue weighted by Crippen LogP contribution is -2.45. The smallest absolute Gasteiger partial charge is 0.274 e. The summed E-state index contributed by atoms with van der Waals surface area (Å²) in [5.74, 6) is 0.0789. The Kier molecular flexibility index (Phi) is 4.87. The Balaban J connectivity index is 2.43. The predicted molar refractivity (Wildman–Crippen MR) is 83.7 cm³/mol. The molecule has 0 saturated heterocycles. The maximum absolute atomic E-state index is 12.9.